The first kappa shape index (κ1) is 13.4. The van der Waals surface area contributed by atoms with Gasteiger partial charge in [0.05, 0.1) is 10.0 Å². The fourth-order valence-corrected chi connectivity index (χ4v) is 4.21. The van der Waals surface area contributed by atoms with E-state index in [1.807, 2.05) is 12.1 Å². The van der Waals surface area contributed by atoms with E-state index >= 15 is 0 Å². The van der Waals surface area contributed by atoms with E-state index < -0.39 is 6.10 Å². The Bertz CT molecular complexity index is 583. The minimum Gasteiger partial charge on any atom is -0.383 e. The van der Waals surface area contributed by atoms with Crippen molar-refractivity contribution in [3.05, 3.63) is 55.2 Å². The summed E-state index contributed by atoms with van der Waals surface area (Å²) < 4.78 is 0. The molecular weight excluding hydrogens is 299 g/mol. The van der Waals surface area contributed by atoms with Crippen LogP contribution in [0.5, 0.6) is 0 Å². The Kier molecular flexibility index (Phi) is 3.86. The van der Waals surface area contributed by atoms with Gasteiger partial charge in [-0.15, -0.1) is 11.3 Å². The molecule has 0 saturated heterocycles. The first-order chi connectivity index (χ1) is 9.16. The number of hydrogen-bond donors (Lipinski definition) is 1. The van der Waals surface area contributed by atoms with E-state index in [4.69, 9.17) is 23.2 Å². The highest BCUT2D eigenvalue weighted by Crippen LogP contribution is 2.38. The third kappa shape index (κ3) is 2.55. The van der Waals surface area contributed by atoms with Gasteiger partial charge in [-0.1, -0.05) is 35.3 Å². The molecule has 1 unspecified atom stereocenters. The molecule has 1 aliphatic carbocycles. The van der Waals surface area contributed by atoms with Crippen LogP contribution in [0.15, 0.2) is 24.3 Å². The van der Waals surface area contributed by atoms with Gasteiger partial charge in [-0.3, -0.25) is 0 Å². The van der Waals surface area contributed by atoms with Crippen molar-refractivity contribution in [3.63, 3.8) is 0 Å². The van der Waals surface area contributed by atoms with E-state index in [1.165, 1.54) is 23.3 Å². The van der Waals surface area contributed by atoms with Gasteiger partial charge in [0.2, 0.25) is 0 Å². The van der Waals surface area contributed by atoms with Crippen molar-refractivity contribution in [1.82, 2.24) is 0 Å². The summed E-state index contributed by atoms with van der Waals surface area (Å²) in [6.45, 7) is 0. The van der Waals surface area contributed by atoms with Gasteiger partial charge >= 0.3 is 0 Å². The van der Waals surface area contributed by atoms with E-state index in [0.29, 0.717) is 15.6 Å². The highest BCUT2D eigenvalue weighted by molar-refractivity contribution is 7.12. The number of hydrogen-bond acceptors (Lipinski definition) is 2. The fraction of sp³-hybridized carbons (Fsp3) is 0.333. The van der Waals surface area contributed by atoms with Gasteiger partial charge in [-0.25, -0.2) is 0 Å². The molecule has 19 heavy (non-hydrogen) atoms. The molecule has 1 heterocycles. The van der Waals surface area contributed by atoms with Crippen molar-refractivity contribution in [3.8, 4) is 0 Å². The van der Waals surface area contributed by atoms with Crippen molar-refractivity contribution in [2.24, 2.45) is 0 Å². The summed E-state index contributed by atoms with van der Waals surface area (Å²) in [6, 6.07) is 7.51. The van der Waals surface area contributed by atoms with Crippen LogP contribution in [0.2, 0.25) is 10.0 Å². The summed E-state index contributed by atoms with van der Waals surface area (Å²) in [5.74, 6) is 0. The molecule has 0 amide bonds. The maximum atomic E-state index is 10.5. The van der Waals surface area contributed by atoms with Crippen molar-refractivity contribution in [1.29, 1.82) is 0 Å². The van der Waals surface area contributed by atoms with Gasteiger partial charge in [0.15, 0.2) is 0 Å². The van der Waals surface area contributed by atoms with Gasteiger partial charge in [0, 0.05) is 15.3 Å². The van der Waals surface area contributed by atoms with Gasteiger partial charge in [-0.2, -0.15) is 0 Å². The van der Waals surface area contributed by atoms with Crippen LogP contribution in [-0.4, -0.2) is 5.11 Å². The summed E-state index contributed by atoms with van der Waals surface area (Å²) in [5.41, 5.74) is 2.08. The van der Waals surface area contributed by atoms with E-state index in [9.17, 15) is 5.11 Å². The van der Waals surface area contributed by atoms with Crippen LogP contribution in [0.4, 0.5) is 0 Å². The summed E-state index contributed by atoms with van der Waals surface area (Å²) in [7, 11) is 0. The van der Waals surface area contributed by atoms with Crippen LogP contribution < -0.4 is 0 Å². The Morgan fingerprint density at radius 2 is 1.95 bits per heavy atom. The highest BCUT2D eigenvalue weighted by Gasteiger charge is 2.21. The quantitative estimate of drug-likeness (QED) is 0.826. The predicted octanol–water partition coefficient (Wildman–Crippen LogP) is 5.02. The summed E-state index contributed by atoms with van der Waals surface area (Å²) in [4.78, 5) is 2.38. The number of halogens is 2. The van der Waals surface area contributed by atoms with Crippen LogP contribution >= 0.6 is 34.5 Å². The SMILES string of the molecule is OC(c1cc2c(s1)CCCC2)c1cccc(Cl)c1Cl. The molecule has 4 heteroatoms. The summed E-state index contributed by atoms with van der Waals surface area (Å²) in [5, 5.41) is 11.4. The molecular formula is C15H14Cl2OS. The number of fused-ring (bicyclic) bond motifs is 1. The van der Waals surface area contributed by atoms with Gasteiger partial charge in [0.25, 0.3) is 0 Å². The second-order valence-corrected chi connectivity index (χ2v) is 6.80. The van der Waals surface area contributed by atoms with Gasteiger partial charge in [0.1, 0.15) is 6.10 Å². The standard InChI is InChI=1S/C15H14Cl2OS/c16-11-6-3-5-10(14(11)17)15(18)13-8-9-4-1-2-7-12(9)19-13/h3,5-6,8,15,18H,1-2,4,7H2. The molecule has 1 aromatic carbocycles. The largest absolute Gasteiger partial charge is 0.383 e. The Morgan fingerprint density at radius 3 is 2.74 bits per heavy atom. The van der Waals surface area contributed by atoms with Crippen LogP contribution in [0.25, 0.3) is 0 Å². The molecule has 2 aromatic rings. The Labute approximate surface area is 126 Å². The molecule has 0 bridgehead atoms. The number of benzene rings is 1. The average Bonchev–Trinajstić information content (AvgIpc) is 2.85. The molecule has 1 nitrogen and oxygen atoms in total. The van der Waals surface area contributed by atoms with Crippen LogP contribution in [0.3, 0.4) is 0 Å². The molecule has 100 valence electrons. The Morgan fingerprint density at radius 1 is 1.16 bits per heavy atom. The summed E-state index contributed by atoms with van der Waals surface area (Å²) in [6.07, 6.45) is 4.08. The highest BCUT2D eigenvalue weighted by atomic mass is 35.5. The second-order valence-electron chi connectivity index (χ2n) is 4.85. The topological polar surface area (TPSA) is 20.2 Å². The first-order valence-electron chi connectivity index (χ1n) is 6.40. The van der Waals surface area contributed by atoms with E-state index in [2.05, 4.69) is 6.07 Å². The average molecular weight is 313 g/mol. The fourth-order valence-electron chi connectivity index (χ4n) is 2.53. The maximum absolute atomic E-state index is 10.5. The van der Waals surface area contributed by atoms with Crippen LogP contribution in [0.1, 0.15) is 39.8 Å². The summed E-state index contributed by atoms with van der Waals surface area (Å²) >= 11 is 13.9. The molecule has 1 aromatic heterocycles. The lowest BCUT2D eigenvalue weighted by atomic mass is 9.98. The van der Waals surface area contributed by atoms with Crippen molar-refractivity contribution in [2.75, 3.05) is 0 Å². The van der Waals surface area contributed by atoms with Crippen LogP contribution in [0, 0.1) is 0 Å². The maximum Gasteiger partial charge on any atom is 0.115 e. The third-order valence-corrected chi connectivity index (χ3v) is 5.68. The lowest BCUT2D eigenvalue weighted by Gasteiger charge is -2.11. The second kappa shape index (κ2) is 5.45. The smallest absolute Gasteiger partial charge is 0.115 e. The molecule has 3 rings (SSSR count). The van der Waals surface area contributed by atoms with Gasteiger partial charge < -0.3 is 5.11 Å². The van der Waals surface area contributed by atoms with Crippen LogP contribution in [-0.2, 0) is 12.8 Å². The van der Waals surface area contributed by atoms with Crippen molar-refractivity contribution in [2.45, 2.75) is 31.8 Å². The monoisotopic (exact) mass is 312 g/mol. The molecule has 1 atom stereocenters. The molecule has 0 spiro atoms. The molecule has 0 saturated carbocycles. The molecule has 0 radical (unpaired) electrons. The number of aliphatic hydroxyl groups excluding tert-OH is 1. The number of thiophene rings is 1. The van der Waals surface area contributed by atoms with Gasteiger partial charge in [-0.05, 0) is 43.4 Å². The number of aryl methyl sites for hydroxylation is 2. The third-order valence-electron chi connectivity index (χ3n) is 3.56. The molecule has 1 N–H and O–H groups in total. The molecule has 0 aliphatic heterocycles. The zero-order valence-electron chi connectivity index (χ0n) is 10.3. The lowest BCUT2D eigenvalue weighted by Crippen LogP contribution is -1.98. The van der Waals surface area contributed by atoms with E-state index in [0.717, 1.165) is 17.7 Å². The zero-order valence-corrected chi connectivity index (χ0v) is 12.7. The van der Waals surface area contributed by atoms with Crippen molar-refractivity contribution < 1.29 is 5.11 Å². The molecule has 1 aliphatic rings. The van der Waals surface area contributed by atoms with Crippen molar-refractivity contribution >= 4 is 34.5 Å². The first-order valence-corrected chi connectivity index (χ1v) is 7.97. The minimum atomic E-state index is -0.679. The normalized spacial score (nSPS) is 16.2. The lowest BCUT2D eigenvalue weighted by molar-refractivity contribution is 0.224. The zero-order chi connectivity index (χ0) is 13.4. The minimum absolute atomic E-state index is 0.447. The molecule has 0 fully saturated rings. The Balaban J connectivity index is 1.97. The van der Waals surface area contributed by atoms with E-state index in [1.54, 1.807) is 17.4 Å². The number of rotatable bonds is 2. The Hall–Kier alpha value is -0.540. The van der Waals surface area contributed by atoms with E-state index in [-0.39, 0.29) is 0 Å². The number of aliphatic hydroxyl groups is 1. The predicted molar refractivity (Wildman–Crippen MR) is 81.5 cm³/mol.